The summed E-state index contributed by atoms with van der Waals surface area (Å²) in [6, 6.07) is 12.6. The lowest BCUT2D eigenvalue weighted by molar-refractivity contribution is -0.106. The predicted octanol–water partition coefficient (Wildman–Crippen LogP) is 5.44. The van der Waals surface area contributed by atoms with Gasteiger partial charge >= 0.3 is 0 Å². The van der Waals surface area contributed by atoms with E-state index < -0.39 is 0 Å². The van der Waals surface area contributed by atoms with Gasteiger partial charge in [-0.05, 0) is 68.7 Å². The third-order valence-corrected chi connectivity index (χ3v) is 6.19. The average Bonchev–Trinajstić information content (AvgIpc) is 3.48. The van der Waals surface area contributed by atoms with Crippen molar-refractivity contribution in [3.05, 3.63) is 88.6 Å². The van der Waals surface area contributed by atoms with Crippen LogP contribution in [0, 0.1) is 6.92 Å². The van der Waals surface area contributed by atoms with Gasteiger partial charge in [0, 0.05) is 34.5 Å². The zero-order valence-corrected chi connectivity index (χ0v) is 21.1. The Bertz CT molecular complexity index is 1340. The highest BCUT2D eigenvalue weighted by Crippen LogP contribution is 2.40. The summed E-state index contributed by atoms with van der Waals surface area (Å²) in [6.45, 7) is 5.01. The number of aromatic nitrogens is 2. The number of fused-ring (bicyclic) bond motifs is 4. The van der Waals surface area contributed by atoms with Crippen molar-refractivity contribution >= 4 is 23.7 Å². The number of rotatable bonds is 6. The quantitative estimate of drug-likeness (QED) is 0.344. The lowest BCUT2D eigenvalue weighted by Gasteiger charge is -2.20. The van der Waals surface area contributed by atoms with Gasteiger partial charge in [-0.2, -0.15) is 5.10 Å². The molecule has 2 aliphatic rings. The van der Waals surface area contributed by atoms with Gasteiger partial charge in [0.25, 0.3) is 0 Å². The highest BCUT2D eigenvalue weighted by molar-refractivity contribution is 6.31. The zero-order chi connectivity index (χ0) is 25.5. The number of nitrogens with zero attached hydrogens (tertiary/aromatic N) is 2. The van der Waals surface area contributed by atoms with Crippen molar-refractivity contribution in [2.75, 3.05) is 18.7 Å². The summed E-state index contributed by atoms with van der Waals surface area (Å²) in [5, 5.41) is 9.10. The number of anilines is 1. The number of carbonyl (C=O) groups is 1. The monoisotopic (exact) mass is 504 g/mol. The molecule has 0 spiro atoms. The molecule has 1 aliphatic carbocycles. The number of nitrogens with one attached hydrogen (secondary N) is 1. The van der Waals surface area contributed by atoms with Crippen LogP contribution in [-0.2, 0) is 17.6 Å². The van der Waals surface area contributed by atoms with Crippen LogP contribution in [-0.4, -0.2) is 29.5 Å². The van der Waals surface area contributed by atoms with E-state index in [0.717, 1.165) is 47.1 Å². The number of aryl methyl sites for hydroxylation is 2. The summed E-state index contributed by atoms with van der Waals surface area (Å²) in [6.07, 6.45) is 11.9. The molecule has 0 atom stereocenters. The van der Waals surface area contributed by atoms with Crippen LogP contribution in [0.3, 0.4) is 0 Å². The van der Waals surface area contributed by atoms with Gasteiger partial charge in [-0.25, -0.2) is 4.68 Å². The van der Waals surface area contributed by atoms with Crippen LogP contribution in [0.5, 0.6) is 11.5 Å². The molecule has 1 aliphatic heterocycles. The van der Waals surface area contributed by atoms with Gasteiger partial charge in [-0.1, -0.05) is 35.9 Å². The fourth-order valence-electron chi connectivity index (χ4n) is 4.34. The highest BCUT2D eigenvalue weighted by Gasteiger charge is 2.25. The zero-order valence-electron chi connectivity index (χ0n) is 20.3. The third-order valence-electron chi connectivity index (χ3n) is 5.94. The molecule has 36 heavy (non-hydrogen) atoms. The maximum Gasteiger partial charge on any atom is 0.231 e. The van der Waals surface area contributed by atoms with Crippen LogP contribution < -0.4 is 20.5 Å². The Labute approximate surface area is 215 Å². The molecule has 1 aromatic heterocycles. The fourth-order valence-corrected chi connectivity index (χ4v) is 4.54. The molecule has 0 saturated carbocycles. The lowest BCUT2D eigenvalue weighted by Crippen LogP contribution is -2.08. The standard InChI is InChI=1S/C27H26ClN3O2.CH3NO/c1-3-6-20(28)7-4-5-14-29-21-10-8-19-9-12-23-18(2)30-31(27(23)24(19)15-21)22-11-13-25-26(16-22)33-17-32-25;2-1-3/h3-8,10-11,13,15-16,29H,9,12,14,17H2,1-2H3;1H,(H2,2,3)/b5-4+,6-3-,20-7+;. The Kier molecular flexibility index (Phi) is 8.13. The number of primary amides is 1. The van der Waals surface area contributed by atoms with E-state index in [1.807, 2.05) is 54.1 Å². The van der Waals surface area contributed by atoms with Crippen molar-refractivity contribution in [1.82, 2.24) is 9.78 Å². The normalized spacial score (nSPS) is 13.8. The second kappa shape index (κ2) is 11.6. The molecule has 5 rings (SSSR count). The smallest absolute Gasteiger partial charge is 0.231 e. The number of allylic oxidation sites excluding steroid dienone is 5. The number of hydrogen-bond acceptors (Lipinski definition) is 5. The van der Waals surface area contributed by atoms with Crippen molar-refractivity contribution in [3.8, 4) is 28.4 Å². The summed E-state index contributed by atoms with van der Waals surface area (Å²) in [5.41, 5.74) is 12.3. The van der Waals surface area contributed by atoms with Crippen LogP contribution in [0.4, 0.5) is 5.69 Å². The molecule has 8 heteroatoms. The van der Waals surface area contributed by atoms with Crippen LogP contribution in [0.25, 0.3) is 16.9 Å². The molecule has 3 aromatic rings. The van der Waals surface area contributed by atoms with Crippen molar-refractivity contribution in [2.45, 2.75) is 26.7 Å². The van der Waals surface area contributed by atoms with Gasteiger partial charge in [0.05, 0.1) is 17.1 Å². The number of halogens is 1. The van der Waals surface area contributed by atoms with E-state index in [-0.39, 0.29) is 13.2 Å². The maximum atomic E-state index is 8.58. The highest BCUT2D eigenvalue weighted by atomic mass is 35.5. The van der Waals surface area contributed by atoms with Gasteiger partial charge in [0.15, 0.2) is 11.5 Å². The van der Waals surface area contributed by atoms with Gasteiger partial charge in [0.2, 0.25) is 13.2 Å². The van der Waals surface area contributed by atoms with Gasteiger partial charge in [-0.3, -0.25) is 4.79 Å². The van der Waals surface area contributed by atoms with Crippen LogP contribution >= 0.6 is 11.6 Å². The summed E-state index contributed by atoms with van der Waals surface area (Å²) >= 11 is 6.08. The van der Waals surface area contributed by atoms with Crippen LogP contribution in [0.1, 0.15) is 23.7 Å². The van der Waals surface area contributed by atoms with E-state index in [0.29, 0.717) is 11.6 Å². The molecule has 0 saturated heterocycles. The molecule has 0 fully saturated rings. The summed E-state index contributed by atoms with van der Waals surface area (Å²) < 4.78 is 13.1. The van der Waals surface area contributed by atoms with E-state index in [2.05, 4.69) is 42.2 Å². The van der Waals surface area contributed by atoms with Crippen LogP contribution in [0.2, 0.25) is 0 Å². The summed E-state index contributed by atoms with van der Waals surface area (Å²) in [7, 11) is 0. The first-order valence-electron chi connectivity index (χ1n) is 11.7. The SMILES string of the molecule is C\C=C/C(Cl)=C\C=C\CNc1ccc2c(c1)-c1c(c(C)nn1-c1ccc3c(c1)OCO3)CC2.NC=O. The second-order valence-corrected chi connectivity index (χ2v) is 8.67. The number of ether oxygens (including phenoxy) is 2. The molecule has 186 valence electrons. The van der Waals surface area contributed by atoms with E-state index >= 15 is 0 Å². The van der Waals surface area contributed by atoms with Crippen molar-refractivity contribution in [2.24, 2.45) is 5.73 Å². The molecule has 0 bridgehead atoms. The predicted molar refractivity (Wildman–Crippen MR) is 144 cm³/mol. The Balaban J connectivity index is 0.000000967. The number of amides is 1. The fraction of sp³-hybridized carbons (Fsp3) is 0.214. The van der Waals surface area contributed by atoms with Gasteiger partial charge in [0.1, 0.15) is 0 Å². The molecule has 7 nitrogen and oxygen atoms in total. The summed E-state index contributed by atoms with van der Waals surface area (Å²) in [4.78, 5) is 8.58. The summed E-state index contributed by atoms with van der Waals surface area (Å²) in [5.74, 6) is 1.54. The van der Waals surface area contributed by atoms with Crippen molar-refractivity contribution in [1.29, 1.82) is 0 Å². The number of nitrogens with two attached hydrogens (primary N) is 1. The maximum absolute atomic E-state index is 8.58. The lowest BCUT2D eigenvalue weighted by atomic mass is 9.88. The van der Waals surface area contributed by atoms with Crippen molar-refractivity contribution < 1.29 is 14.3 Å². The topological polar surface area (TPSA) is 91.4 Å². The van der Waals surface area contributed by atoms with Gasteiger partial charge < -0.3 is 20.5 Å². The Morgan fingerprint density at radius 2 is 2.00 bits per heavy atom. The molecule has 0 unspecified atom stereocenters. The van der Waals surface area contributed by atoms with E-state index in [1.54, 1.807) is 0 Å². The minimum Gasteiger partial charge on any atom is -0.454 e. The van der Waals surface area contributed by atoms with Crippen molar-refractivity contribution in [3.63, 3.8) is 0 Å². The molecule has 2 aromatic carbocycles. The molecular weight excluding hydrogens is 476 g/mol. The first kappa shape index (κ1) is 25.1. The number of hydrogen-bond donors (Lipinski definition) is 2. The third kappa shape index (κ3) is 5.47. The molecule has 3 N–H and O–H groups in total. The molecule has 2 heterocycles. The van der Waals surface area contributed by atoms with Crippen LogP contribution in [0.15, 0.2) is 71.8 Å². The first-order chi connectivity index (χ1) is 17.5. The number of benzene rings is 2. The van der Waals surface area contributed by atoms with E-state index in [1.165, 1.54) is 16.7 Å². The van der Waals surface area contributed by atoms with E-state index in [9.17, 15) is 0 Å². The second-order valence-electron chi connectivity index (χ2n) is 8.23. The Hall–Kier alpha value is -3.97. The largest absolute Gasteiger partial charge is 0.454 e. The minimum atomic E-state index is 0.250. The first-order valence-corrected chi connectivity index (χ1v) is 12.1. The average molecular weight is 505 g/mol. The Morgan fingerprint density at radius 1 is 1.19 bits per heavy atom. The molecule has 0 radical (unpaired) electrons. The van der Waals surface area contributed by atoms with E-state index in [4.69, 9.17) is 31.0 Å². The number of carbonyl (C=O) groups excluding carboxylic acids is 1. The Morgan fingerprint density at radius 3 is 2.81 bits per heavy atom. The molecular formula is C28H29ClN4O3. The molecule has 1 amide bonds. The van der Waals surface area contributed by atoms with Gasteiger partial charge in [-0.15, -0.1) is 0 Å². The minimum absolute atomic E-state index is 0.250.